The number of nitrogens with one attached hydrogen (secondary N) is 1. The maximum Gasteiger partial charge on any atom is 0.312 e. The largest absolute Gasteiger partial charge is 0.489 e. The molecule has 162 valence electrons. The summed E-state index contributed by atoms with van der Waals surface area (Å²) in [5.74, 6) is 8.11. The lowest BCUT2D eigenvalue weighted by molar-refractivity contribution is -0.648. The predicted octanol–water partition coefficient (Wildman–Crippen LogP) is 2.41. The van der Waals surface area contributed by atoms with Crippen molar-refractivity contribution in [2.75, 3.05) is 25.5 Å². The van der Waals surface area contributed by atoms with Crippen LogP contribution in [0, 0.1) is 0 Å². The van der Waals surface area contributed by atoms with Gasteiger partial charge in [-0.25, -0.2) is 0 Å². The quantitative estimate of drug-likeness (QED) is 0.297. The highest BCUT2D eigenvalue weighted by molar-refractivity contribution is 5.42. The highest BCUT2D eigenvalue weighted by atomic mass is 16.5. The molecule has 31 heavy (non-hydrogen) atoms. The van der Waals surface area contributed by atoms with E-state index < -0.39 is 0 Å². The molecule has 1 aliphatic heterocycles. The van der Waals surface area contributed by atoms with E-state index in [1.165, 1.54) is 16.6 Å². The van der Waals surface area contributed by atoms with Crippen LogP contribution in [0.4, 0.5) is 0 Å². The van der Waals surface area contributed by atoms with E-state index in [2.05, 4.69) is 28.5 Å². The van der Waals surface area contributed by atoms with Gasteiger partial charge in [0.1, 0.15) is 30.4 Å². The molecule has 0 amide bonds. The Morgan fingerprint density at radius 1 is 1.13 bits per heavy atom. The molecule has 0 bridgehead atoms. The Morgan fingerprint density at radius 2 is 2.03 bits per heavy atom. The summed E-state index contributed by atoms with van der Waals surface area (Å²) in [4.78, 5) is 3.92. The number of rotatable bonds is 10. The van der Waals surface area contributed by atoms with Gasteiger partial charge in [0.25, 0.3) is 0 Å². The molecule has 3 N–H and O–H groups in total. The number of hydrogen-bond donors (Lipinski definition) is 2. The summed E-state index contributed by atoms with van der Waals surface area (Å²) in [5, 5.41) is 3.46. The zero-order chi connectivity index (χ0) is 21.3. The number of nitrogens with two attached hydrogens (primary N) is 1. The van der Waals surface area contributed by atoms with Crippen molar-refractivity contribution in [2.24, 2.45) is 0 Å². The van der Waals surface area contributed by atoms with Gasteiger partial charge in [-0.05, 0) is 43.0 Å². The summed E-state index contributed by atoms with van der Waals surface area (Å²) in [6.45, 7) is 2.80. The standard InChI is InChI=1S/C24H29N4O3/c25-28-18-27-13-11-24(28)29-14-4-12-26-16-22-10-8-20-7-9-21(15-23(20)31-22)30-17-19-5-2-1-3-6-19/h1-3,5-7,9,11,13,15,18,22,26H,4,8,10,12,14,16-17,25H2/q+1. The van der Waals surface area contributed by atoms with Crippen molar-refractivity contribution in [3.63, 3.8) is 0 Å². The van der Waals surface area contributed by atoms with Gasteiger partial charge in [-0.15, -0.1) is 0 Å². The SMILES string of the molecule is N[n+]1cnccc1OCCCNCC1CCc2ccc(OCc3ccccc3)cc2O1. The van der Waals surface area contributed by atoms with Gasteiger partial charge in [0.15, 0.2) is 0 Å². The zero-order valence-electron chi connectivity index (χ0n) is 17.6. The van der Waals surface area contributed by atoms with Crippen LogP contribution >= 0.6 is 0 Å². The molecule has 7 heteroatoms. The fourth-order valence-corrected chi connectivity index (χ4v) is 3.50. The zero-order valence-corrected chi connectivity index (χ0v) is 17.6. The van der Waals surface area contributed by atoms with E-state index in [9.17, 15) is 0 Å². The molecule has 0 aliphatic carbocycles. The maximum absolute atomic E-state index is 6.22. The van der Waals surface area contributed by atoms with Crippen molar-refractivity contribution in [3.8, 4) is 17.4 Å². The van der Waals surface area contributed by atoms with E-state index in [0.717, 1.165) is 49.4 Å². The Morgan fingerprint density at radius 3 is 2.90 bits per heavy atom. The van der Waals surface area contributed by atoms with Crippen molar-refractivity contribution in [2.45, 2.75) is 32.0 Å². The van der Waals surface area contributed by atoms with Gasteiger partial charge in [0.2, 0.25) is 0 Å². The Bertz CT molecular complexity index is 968. The first-order chi connectivity index (χ1) is 15.3. The molecule has 0 saturated carbocycles. The minimum Gasteiger partial charge on any atom is -0.489 e. The van der Waals surface area contributed by atoms with Crippen molar-refractivity contribution >= 4 is 0 Å². The Balaban J connectivity index is 1.18. The van der Waals surface area contributed by atoms with Gasteiger partial charge in [-0.1, -0.05) is 46.1 Å². The molecule has 4 rings (SSSR count). The van der Waals surface area contributed by atoms with E-state index in [4.69, 9.17) is 20.1 Å². The monoisotopic (exact) mass is 421 g/mol. The van der Waals surface area contributed by atoms with Crippen LogP contribution in [0.1, 0.15) is 24.0 Å². The van der Waals surface area contributed by atoms with Gasteiger partial charge in [0, 0.05) is 12.6 Å². The number of hydrogen-bond acceptors (Lipinski definition) is 6. The Hall–Kier alpha value is -3.32. The van der Waals surface area contributed by atoms with E-state index in [1.54, 1.807) is 12.3 Å². The van der Waals surface area contributed by atoms with Crippen LogP contribution in [-0.2, 0) is 13.0 Å². The van der Waals surface area contributed by atoms with Crippen LogP contribution in [0.25, 0.3) is 0 Å². The predicted molar refractivity (Wildman–Crippen MR) is 118 cm³/mol. The fourth-order valence-electron chi connectivity index (χ4n) is 3.50. The van der Waals surface area contributed by atoms with Crippen LogP contribution in [0.3, 0.4) is 0 Å². The molecule has 0 saturated heterocycles. The number of ether oxygens (including phenoxy) is 3. The van der Waals surface area contributed by atoms with Crippen molar-refractivity contribution in [1.82, 2.24) is 10.3 Å². The molecule has 0 radical (unpaired) electrons. The van der Waals surface area contributed by atoms with Gasteiger partial charge in [-0.2, -0.15) is 0 Å². The third-order valence-electron chi connectivity index (χ3n) is 5.18. The van der Waals surface area contributed by atoms with Crippen LogP contribution < -0.4 is 30.0 Å². The van der Waals surface area contributed by atoms with Gasteiger partial charge in [-0.3, -0.25) is 5.84 Å². The van der Waals surface area contributed by atoms with Crippen molar-refractivity contribution in [3.05, 3.63) is 78.2 Å². The molecule has 2 aromatic carbocycles. The lowest BCUT2D eigenvalue weighted by atomic mass is 10.0. The lowest BCUT2D eigenvalue weighted by Crippen LogP contribution is -2.46. The average Bonchev–Trinajstić information content (AvgIpc) is 2.81. The summed E-state index contributed by atoms with van der Waals surface area (Å²) in [5.41, 5.74) is 2.39. The highest BCUT2D eigenvalue weighted by Crippen LogP contribution is 2.31. The summed E-state index contributed by atoms with van der Waals surface area (Å²) in [6, 6.07) is 18.1. The second-order valence-electron chi connectivity index (χ2n) is 7.55. The van der Waals surface area contributed by atoms with E-state index >= 15 is 0 Å². The third kappa shape index (κ3) is 6.08. The van der Waals surface area contributed by atoms with Gasteiger partial charge < -0.3 is 19.5 Å². The molecular formula is C24H29N4O3+. The Labute approximate surface area is 182 Å². The second-order valence-corrected chi connectivity index (χ2v) is 7.55. The molecular weight excluding hydrogens is 392 g/mol. The smallest absolute Gasteiger partial charge is 0.312 e. The number of aryl methyl sites for hydroxylation is 1. The number of aromatic nitrogens is 2. The van der Waals surface area contributed by atoms with Crippen molar-refractivity contribution < 1.29 is 18.9 Å². The highest BCUT2D eigenvalue weighted by Gasteiger charge is 2.20. The van der Waals surface area contributed by atoms with Crippen molar-refractivity contribution in [1.29, 1.82) is 0 Å². The maximum atomic E-state index is 6.22. The molecule has 1 atom stereocenters. The molecule has 2 heterocycles. The number of nitrogen functional groups attached to an aromatic ring is 1. The fraction of sp³-hybridized carbons (Fsp3) is 0.333. The number of nitrogens with zero attached hydrogens (tertiary/aromatic N) is 2. The topological polar surface area (TPSA) is 82.5 Å². The molecule has 0 spiro atoms. The first-order valence-electron chi connectivity index (χ1n) is 10.7. The molecule has 1 aromatic heterocycles. The first-order valence-corrected chi connectivity index (χ1v) is 10.7. The second kappa shape index (κ2) is 10.6. The van der Waals surface area contributed by atoms with E-state index in [1.807, 2.05) is 30.3 Å². The van der Waals surface area contributed by atoms with Gasteiger partial charge in [0.05, 0.1) is 12.7 Å². The molecule has 1 aliphatic rings. The summed E-state index contributed by atoms with van der Waals surface area (Å²) < 4.78 is 19.2. The molecule has 1 unspecified atom stereocenters. The summed E-state index contributed by atoms with van der Waals surface area (Å²) in [7, 11) is 0. The first kappa shape index (κ1) is 20.9. The minimum absolute atomic E-state index is 0.157. The van der Waals surface area contributed by atoms with Crippen LogP contribution in [0.2, 0.25) is 0 Å². The normalized spacial score (nSPS) is 15.0. The van der Waals surface area contributed by atoms with E-state index in [-0.39, 0.29) is 6.10 Å². The summed E-state index contributed by atoms with van der Waals surface area (Å²) in [6.07, 6.45) is 6.23. The minimum atomic E-state index is 0.157. The average molecular weight is 422 g/mol. The van der Waals surface area contributed by atoms with E-state index in [0.29, 0.717) is 19.1 Å². The molecule has 0 fully saturated rings. The number of fused-ring (bicyclic) bond motifs is 1. The van der Waals surface area contributed by atoms with Gasteiger partial charge >= 0.3 is 12.2 Å². The van der Waals surface area contributed by atoms with Crippen LogP contribution in [0.15, 0.2) is 67.1 Å². The Kier molecular flexibility index (Phi) is 7.18. The lowest BCUT2D eigenvalue weighted by Gasteiger charge is -2.27. The molecule has 7 nitrogen and oxygen atoms in total. The van der Waals surface area contributed by atoms with Crippen LogP contribution in [-0.4, -0.2) is 30.8 Å². The number of benzene rings is 2. The third-order valence-corrected chi connectivity index (χ3v) is 5.18. The summed E-state index contributed by atoms with van der Waals surface area (Å²) >= 11 is 0. The molecule has 3 aromatic rings. The van der Waals surface area contributed by atoms with Crippen LogP contribution in [0.5, 0.6) is 17.4 Å².